The van der Waals surface area contributed by atoms with E-state index in [1.165, 1.54) is 16.7 Å². The molecule has 0 aromatic heterocycles. The van der Waals surface area contributed by atoms with Crippen LogP contribution in [0.15, 0.2) is 29.8 Å². The van der Waals surface area contributed by atoms with Gasteiger partial charge in [-0.15, -0.1) is 0 Å². The monoisotopic (exact) mass is 159 g/mol. The molecule has 1 aromatic rings. The molecular weight excluding hydrogens is 146 g/mol. The standard InChI is InChI=1S/C11H13N/c1-9-4-2-3-5-11(9)6-10-7-12-8-10/h2-6,12H,7-8H2,1H3. The predicted octanol–water partition coefficient (Wildman–Crippen LogP) is 1.98. The molecule has 0 radical (unpaired) electrons. The molecule has 0 saturated carbocycles. The summed E-state index contributed by atoms with van der Waals surface area (Å²) in [5.41, 5.74) is 4.22. The van der Waals surface area contributed by atoms with Gasteiger partial charge in [-0.2, -0.15) is 0 Å². The van der Waals surface area contributed by atoms with Gasteiger partial charge in [0.15, 0.2) is 0 Å². The third kappa shape index (κ3) is 1.41. The third-order valence-electron chi connectivity index (χ3n) is 2.25. The zero-order chi connectivity index (χ0) is 8.39. The van der Waals surface area contributed by atoms with Crippen molar-refractivity contribution in [1.82, 2.24) is 5.32 Å². The molecule has 0 atom stereocenters. The molecular formula is C11H13N. The van der Waals surface area contributed by atoms with Gasteiger partial charge in [0.05, 0.1) is 0 Å². The van der Waals surface area contributed by atoms with Gasteiger partial charge in [0.2, 0.25) is 0 Å². The number of hydrogen-bond acceptors (Lipinski definition) is 1. The van der Waals surface area contributed by atoms with Crippen LogP contribution in [0.4, 0.5) is 0 Å². The Balaban J connectivity index is 2.27. The van der Waals surface area contributed by atoms with Crippen molar-refractivity contribution in [3.63, 3.8) is 0 Å². The van der Waals surface area contributed by atoms with Crippen LogP contribution in [-0.2, 0) is 0 Å². The second kappa shape index (κ2) is 3.11. The first-order valence-corrected chi connectivity index (χ1v) is 4.32. The lowest BCUT2D eigenvalue weighted by molar-refractivity contribution is 0.675. The van der Waals surface area contributed by atoms with Gasteiger partial charge < -0.3 is 5.32 Å². The Morgan fingerprint density at radius 2 is 2.00 bits per heavy atom. The quantitative estimate of drug-likeness (QED) is 0.660. The van der Waals surface area contributed by atoms with E-state index >= 15 is 0 Å². The number of benzene rings is 1. The van der Waals surface area contributed by atoms with E-state index in [4.69, 9.17) is 0 Å². The summed E-state index contributed by atoms with van der Waals surface area (Å²) >= 11 is 0. The lowest BCUT2D eigenvalue weighted by Gasteiger charge is -2.18. The first-order valence-electron chi connectivity index (χ1n) is 4.32. The third-order valence-corrected chi connectivity index (χ3v) is 2.25. The van der Waals surface area contributed by atoms with Crippen molar-refractivity contribution >= 4 is 6.08 Å². The smallest absolute Gasteiger partial charge is 0.0183 e. The summed E-state index contributed by atoms with van der Waals surface area (Å²) in [6, 6.07) is 8.49. The van der Waals surface area contributed by atoms with Gasteiger partial charge in [0.1, 0.15) is 0 Å². The molecule has 2 rings (SSSR count). The first kappa shape index (κ1) is 7.56. The number of nitrogens with one attached hydrogen (secondary N) is 1. The van der Waals surface area contributed by atoms with Gasteiger partial charge in [0.25, 0.3) is 0 Å². The molecule has 1 N–H and O–H groups in total. The summed E-state index contributed by atoms with van der Waals surface area (Å²) in [4.78, 5) is 0. The molecule has 12 heavy (non-hydrogen) atoms. The van der Waals surface area contributed by atoms with Crippen LogP contribution >= 0.6 is 0 Å². The molecule has 1 heterocycles. The average molecular weight is 159 g/mol. The van der Waals surface area contributed by atoms with Crippen LogP contribution in [0.25, 0.3) is 6.08 Å². The Kier molecular flexibility index (Phi) is 1.96. The minimum Gasteiger partial charge on any atom is -0.309 e. The lowest BCUT2D eigenvalue weighted by Crippen LogP contribution is -2.33. The normalized spacial score (nSPS) is 15.6. The highest BCUT2D eigenvalue weighted by atomic mass is 14.9. The fraction of sp³-hybridized carbons (Fsp3) is 0.273. The van der Waals surface area contributed by atoms with Crippen molar-refractivity contribution in [1.29, 1.82) is 0 Å². The summed E-state index contributed by atoms with van der Waals surface area (Å²) in [6.07, 6.45) is 2.28. The Labute approximate surface area is 73.1 Å². The SMILES string of the molecule is Cc1ccccc1C=C1CNC1. The van der Waals surface area contributed by atoms with E-state index in [0.29, 0.717) is 0 Å². The molecule has 1 heteroatoms. The fourth-order valence-corrected chi connectivity index (χ4v) is 1.34. The lowest BCUT2D eigenvalue weighted by atomic mass is 10.0. The highest BCUT2D eigenvalue weighted by Crippen LogP contribution is 2.13. The molecule has 1 aliphatic rings. The second-order valence-electron chi connectivity index (χ2n) is 3.26. The maximum absolute atomic E-state index is 3.23. The molecule has 1 aliphatic heterocycles. The van der Waals surface area contributed by atoms with Gasteiger partial charge >= 0.3 is 0 Å². The van der Waals surface area contributed by atoms with Crippen molar-refractivity contribution in [3.05, 3.63) is 41.0 Å². The largest absolute Gasteiger partial charge is 0.309 e. The van der Waals surface area contributed by atoms with Crippen molar-refractivity contribution in [2.45, 2.75) is 6.92 Å². The summed E-state index contributed by atoms with van der Waals surface area (Å²) in [6.45, 7) is 4.28. The predicted molar refractivity (Wildman–Crippen MR) is 52.0 cm³/mol. The van der Waals surface area contributed by atoms with E-state index in [0.717, 1.165) is 13.1 Å². The van der Waals surface area contributed by atoms with E-state index in [9.17, 15) is 0 Å². The van der Waals surface area contributed by atoms with Gasteiger partial charge in [-0.05, 0) is 23.6 Å². The average Bonchev–Trinajstić information content (AvgIpc) is 2.00. The van der Waals surface area contributed by atoms with Crippen LogP contribution in [0.1, 0.15) is 11.1 Å². The Morgan fingerprint density at radius 3 is 2.58 bits per heavy atom. The second-order valence-corrected chi connectivity index (χ2v) is 3.26. The molecule has 1 saturated heterocycles. The van der Waals surface area contributed by atoms with Crippen LogP contribution in [-0.4, -0.2) is 13.1 Å². The summed E-state index contributed by atoms with van der Waals surface area (Å²) in [5, 5.41) is 3.23. The minimum absolute atomic E-state index is 1.06. The number of hydrogen-bond donors (Lipinski definition) is 1. The maximum Gasteiger partial charge on any atom is 0.0183 e. The zero-order valence-electron chi connectivity index (χ0n) is 7.30. The fourth-order valence-electron chi connectivity index (χ4n) is 1.34. The maximum atomic E-state index is 3.23. The molecule has 0 spiro atoms. The van der Waals surface area contributed by atoms with Gasteiger partial charge in [-0.25, -0.2) is 0 Å². The molecule has 0 unspecified atom stereocenters. The minimum atomic E-state index is 1.06. The highest BCUT2D eigenvalue weighted by molar-refractivity contribution is 5.58. The van der Waals surface area contributed by atoms with Crippen LogP contribution in [0.5, 0.6) is 0 Å². The first-order chi connectivity index (χ1) is 5.86. The van der Waals surface area contributed by atoms with Crippen molar-refractivity contribution < 1.29 is 0 Å². The van der Waals surface area contributed by atoms with Gasteiger partial charge in [0, 0.05) is 13.1 Å². The number of aryl methyl sites for hydroxylation is 1. The van der Waals surface area contributed by atoms with E-state index in [-0.39, 0.29) is 0 Å². The van der Waals surface area contributed by atoms with Crippen molar-refractivity contribution in [2.24, 2.45) is 0 Å². The molecule has 1 nitrogen and oxygen atoms in total. The summed E-state index contributed by atoms with van der Waals surface area (Å²) < 4.78 is 0. The van der Waals surface area contributed by atoms with Crippen molar-refractivity contribution in [3.8, 4) is 0 Å². The highest BCUT2D eigenvalue weighted by Gasteiger charge is 2.06. The Hall–Kier alpha value is -1.08. The Bertz CT molecular complexity index is 307. The van der Waals surface area contributed by atoms with Crippen LogP contribution in [0.3, 0.4) is 0 Å². The molecule has 1 aromatic carbocycles. The molecule has 0 aliphatic carbocycles. The summed E-state index contributed by atoms with van der Waals surface area (Å²) in [7, 11) is 0. The van der Waals surface area contributed by atoms with Crippen molar-refractivity contribution in [2.75, 3.05) is 13.1 Å². The van der Waals surface area contributed by atoms with Crippen LogP contribution in [0.2, 0.25) is 0 Å². The Morgan fingerprint density at radius 1 is 1.25 bits per heavy atom. The van der Waals surface area contributed by atoms with Gasteiger partial charge in [-0.3, -0.25) is 0 Å². The topological polar surface area (TPSA) is 12.0 Å². The zero-order valence-corrected chi connectivity index (χ0v) is 7.30. The van der Waals surface area contributed by atoms with Gasteiger partial charge in [-0.1, -0.05) is 30.3 Å². The van der Waals surface area contributed by atoms with E-state index in [1.807, 2.05) is 0 Å². The molecule has 1 fully saturated rings. The number of rotatable bonds is 1. The van der Waals surface area contributed by atoms with Crippen LogP contribution in [0, 0.1) is 6.92 Å². The molecule has 62 valence electrons. The van der Waals surface area contributed by atoms with E-state index < -0.39 is 0 Å². The van der Waals surface area contributed by atoms with Crippen LogP contribution < -0.4 is 5.32 Å². The molecule has 0 bridgehead atoms. The summed E-state index contributed by atoms with van der Waals surface area (Å²) in [5.74, 6) is 0. The van der Waals surface area contributed by atoms with E-state index in [2.05, 4.69) is 42.6 Å². The van der Waals surface area contributed by atoms with E-state index in [1.54, 1.807) is 0 Å². The molecule has 0 amide bonds.